The van der Waals surface area contributed by atoms with Crippen molar-refractivity contribution in [1.82, 2.24) is 10.2 Å². The number of hydrogen-bond acceptors (Lipinski definition) is 2. The van der Waals surface area contributed by atoms with Crippen molar-refractivity contribution in [3.8, 4) is 0 Å². The van der Waals surface area contributed by atoms with Gasteiger partial charge in [-0.2, -0.15) is 0 Å². The Morgan fingerprint density at radius 3 is 2.74 bits per heavy atom. The quantitative estimate of drug-likeness (QED) is 0.931. The zero-order chi connectivity index (χ0) is 13.0. The molecule has 1 heterocycles. The Kier molecular flexibility index (Phi) is 6.63. The van der Waals surface area contributed by atoms with Crippen LogP contribution in [0.1, 0.15) is 18.4 Å². The average molecular weight is 303 g/mol. The molecular weight excluding hydrogens is 283 g/mol. The number of rotatable bonds is 3. The first-order valence-electron chi connectivity index (χ1n) is 6.37. The lowest BCUT2D eigenvalue weighted by molar-refractivity contribution is -0.135. The lowest BCUT2D eigenvalue weighted by atomic mass is 9.96. The van der Waals surface area contributed by atoms with E-state index in [9.17, 15) is 4.79 Å². The van der Waals surface area contributed by atoms with Crippen LogP contribution in [-0.2, 0) is 11.3 Å². The topological polar surface area (TPSA) is 32.3 Å². The lowest BCUT2D eigenvalue weighted by Gasteiger charge is -2.27. The summed E-state index contributed by atoms with van der Waals surface area (Å²) in [6.45, 7) is 2.52. The summed E-state index contributed by atoms with van der Waals surface area (Å²) in [7, 11) is 1.87. The van der Waals surface area contributed by atoms with Gasteiger partial charge in [-0.05, 0) is 43.6 Å². The number of hydrogen-bond donors (Lipinski definition) is 1. The van der Waals surface area contributed by atoms with E-state index in [0.29, 0.717) is 6.54 Å². The van der Waals surface area contributed by atoms with E-state index in [0.717, 1.165) is 36.5 Å². The molecule has 19 heavy (non-hydrogen) atoms. The van der Waals surface area contributed by atoms with Crippen molar-refractivity contribution < 1.29 is 4.79 Å². The molecule has 0 unspecified atom stereocenters. The molecule has 106 valence electrons. The Morgan fingerprint density at radius 1 is 1.42 bits per heavy atom. The Hall–Kier alpha value is -0.770. The van der Waals surface area contributed by atoms with E-state index in [-0.39, 0.29) is 24.2 Å². The Bertz CT molecular complexity index is 420. The molecule has 0 aliphatic carbocycles. The average Bonchev–Trinajstić information content (AvgIpc) is 2.39. The van der Waals surface area contributed by atoms with Crippen LogP contribution in [0.4, 0.5) is 0 Å². The molecule has 1 N–H and O–H groups in total. The number of halogens is 2. The molecule has 0 aromatic heterocycles. The normalized spacial score (nSPS) is 15.7. The van der Waals surface area contributed by atoms with Crippen molar-refractivity contribution in [2.75, 3.05) is 20.1 Å². The highest BCUT2D eigenvalue weighted by Crippen LogP contribution is 2.17. The van der Waals surface area contributed by atoms with Crippen molar-refractivity contribution in [3.63, 3.8) is 0 Å². The van der Waals surface area contributed by atoms with Gasteiger partial charge in [0.25, 0.3) is 0 Å². The maximum Gasteiger partial charge on any atom is 0.225 e. The molecule has 1 aromatic rings. The van der Waals surface area contributed by atoms with Crippen molar-refractivity contribution in [3.05, 3.63) is 34.9 Å². The van der Waals surface area contributed by atoms with E-state index in [1.165, 1.54) is 0 Å². The minimum Gasteiger partial charge on any atom is -0.341 e. The molecule has 1 saturated heterocycles. The summed E-state index contributed by atoms with van der Waals surface area (Å²) in [6.07, 6.45) is 1.89. The number of carbonyl (C=O) groups is 1. The van der Waals surface area contributed by atoms with Gasteiger partial charge < -0.3 is 10.2 Å². The summed E-state index contributed by atoms with van der Waals surface area (Å²) < 4.78 is 0. The first kappa shape index (κ1) is 16.3. The van der Waals surface area contributed by atoms with Gasteiger partial charge in [0.05, 0.1) is 0 Å². The number of carbonyl (C=O) groups excluding carboxylic acids is 1. The molecule has 0 radical (unpaired) electrons. The molecule has 0 spiro atoms. The van der Waals surface area contributed by atoms with Crippen LogP contribution in [0.5, 0.6) is 0 Å². The summed E-state index contributed by atoms with van der Waals surface area (Å²) >= 11 is 5.94. The molecule has 0 atom stereocenters. The van der Waals surface area contributed by atoms with Crippen molar-refractivity contribution in [2.45, 2.75) is 19.4 Å². The van der Waals surface area contributed by atoms with E-state index in [1.54, 1.807) is 0 Å². The standard InChI is InChI=1S/C14H19ClN2O.ClH/c1-17(10-11-3-2-4-13(15)9-11)14(18)12-5-7-16-8-6-12;/h2-4,9,12,16H,5-8,10H2,1H3;1H. The molecule has 0 bridgehead atoms. The Morgan fingerprint density at radius 2 is 2.11 bits per heavy atom. The first-order valence-corrected chi connectivity index (χ1v) is 6.75. The molecule has 1 aliphatic rings. The molecule has 1 aliphatic heterocycles. The molecule has 1 aromatic carbocycles. The second-order valence-corrected chi connectivity index (χ2v) is 5.28. The third-order valence-electron chi connectivity index (χ3n) is 3.37. The summed E-state index contributed by atoms with van der Waals surface area (Å²) in [5.74, 6) is 0.423. The highest BCUT2D eigenvalue weighted by molar-refractivity contribution is 6.30. The number of nitrogens with zero attached hydrogens (tertiary/aromatic N) is 1. The van der Waals surface area contributed by atoms with Crippen LogP contribution in [-0.4, -0.2) is 30.9 Å². The highest BCUT2D eigenvalue weighted by atomic mass is 35.5. The van der Waals surface area contributed by atoms with Gasteiger partial charge in [0.15, 0.2) is 0 Å². The van der Waals surface area contributed by atoms with Gasteiger partial charge in [-0.1, -0.05) is 23.7 Å². The molecule has 2 rings (SSSR count). The van der Waals surface area contributed by atoms with Gasteiger partial charge in [-0.15, -0.1) is 12.4 Å². The van der Waals surface area contributed by atoms with Crippen LogP contribution in [0, 0.1) is 5.92 Å². The van der Waals surface area contributed by atoms with E-state index < -0.39 is 0 Å². The number of amides is 1. The van der Waals surface area contributed by atoms with Gasteiger partial charge in [-0.3, -0.25) is 4.79 Å². The third kappa shape index (κ3) is 4.68. The van der Waals surface area contributed by atoms with Gasteiger partial charge in [-0.25, -0.2) is 0 Å². The fourth-order valence-corrected chi connectivity index (χ4v) is 2.58. The van der Waals surface area contributed by atoms with Crippen LogP contribution >= 0.6 is 24.0 Å². The first-order chi connectivity index (χ1) is 8.66. The van der Waals surface area contributed by atoms with Crippen LogP contribution in [0.25, 0.3) is 0 Å². The maximum absolute atomic E-state index is 12.3. The maximum atomic E-state index is 12.3. The molecule has 5 heteroatoms. The van der Waals surface area contributed by atoms with Gasteiger partial charge in [0, 0.05) is 24.5 Å². The van der Waals surface area contributed by atoms with Crippen molar-refractivity contribution in [2.24, 2.45) is 5.92 Å². The molecular formula is C14H20Cl2N2O. The summed E-state index contributed by atoms with van der Waals surface area (Å²) in [5, 5.41) is 4.00. The zero-order valence-electron chi connectivity index (χ0n) is 11.1. The predicted octanol–water partition coefficient (Wildman–Crippen LogP) is 2.72. The molecule has 3 nitrogen and oxygen atoms in total. The molecule has 0 saturated carbocycles. The monoisotopic (exact) mass is 302 g/mol. The predicted molar refractivity (Wildman–Crippen MR) is 80.8 cm³/mol. The van der Waals surface area contributed by atoms with Crippen molar-refractivity contribution in [1.29, 1.82) is 0 Å². The van der Waals surface area contributed by atoms with Gasteiger partial charge in [0.1, 0.15) is 0 Å². The molecule has 1 amide bonds. The van der Waals surface area contributed by atoms with Gasteiger partial charge >= 0.3 is 0 Å². The number of piperidine rings is 1. The smallest absolute Gasteiger partial charge is 0.225 e. The summed E-state index contributed by atoms with van der Waals surface area (Å²) in [4.78, 5) is 14.1. The van der Waals surface area contributed by atoms with Crippen LogP contribution in [0.2, 0.25) is 5.02 Å². The van der Waals surface area contributed by atoms with Crippen LogP contribution in [0.3, 0.4) is 0 Å². The fraction of sp³-hybridized carbons (Fsp3) is 0.500. The van der Waals surface area contributed by atoms with Gasteiger partial charge in [0.2, 0.25) is 5.91 Å². The van der Waals surface area contributed by atoms with Crippen molar-refractivity contribution >= 4 is 29.9 Å². The molecule has 1 fully saturated rings. The minimum absolute atomic E-state index is 0. The second kappa shape index (κ2) is 7.73. The van der Waals surface area contributed by atoms with E-state index in [4.69, 9.17) is 11.6 Å². The second-order valence-electron chi connectivity index (χ2n) is 4.85. The van der Waals surface area contributed by atoms with E-state index in [2.05, 4.69) is 5.32 Å². The van der Waals surface area contributed by atoms with Crippen LogP contribution in [0.15, 0.2) is 24.3 Å². The highest BCUT2D eigenvalue weighted by Gasteiger charge is 2.23. The Labute approximate surface area is 125 Å². The SMILES string of the molecule is CN(Cc1cccc(Cl)c1)C(=O)C1CCNCC1.Cl. The van der Waals surface area contributed by atoms with E-state index >= 15 is 0 Å². The third-order valence-corrected chi connectivity index (χ3v) is 3.61. The fourth-order valence-electron chi connectivity index (χ4n) is 2.37. The number of nitrogens with one attached hydrogen (secondary N) is 1. The largest absolute Gasteiger partial charge is 0.341 e. The minimum atomic E-state index is 0. The Balaban J connectivity index is 0.00000180. The zero-order valence-corrected chi connectivity index (χ0v) is 12.6. The number of benzene rings is 1. The van der Waals surface area contributed by atoms with E-state index in [1.807, 2.05) is 36.2 Å². The van der Waals surface area contributed by atoms with Crippen LogP contribution < -0.4 is 5.32 Å². The summed E-state index contributed by atoms with van der Waals surface area (Å²) in [5.41, 5.74) is 1.08. The lowest BCUT2D eigenvalue weighted by Crippen LogP contribution is -2.38. The summed E-state index contributed by atoms with van der Waals surface area (Å²) in [6, 6.07) is 7.67.